The predicted octanol–water partition coefficient (Wildman–Crippen LogP) is 2.75. The van der Waals surface area contributed by atoms with Crippen LogP contribution in [0.1, 0.15) is 19.4 Å². The number of methoxy groups -OCH3 is 1. The van der Waals surface area contributed by atoms with Gasteiger partial charge in [0.05, 0.1) is 25.0 Å². The summed E-state index contributed by atoms with van der Waals surface area (Å²) in [5.74, 6) is -0.122. The summed E-state index contributed by atoms with van der Waals surface area (Å²) in [6, 6.07) is 14.5. The molecule has 0 aliphatic carbocycles. The minimum Gasteiger partial charge on any atom is -0.497 e. The van der Waals surface area contributed by atoms with Gasteiger partial charge in [-0.15, -0.1) is 0 Å². The van der Waals surface area contributed by atoms with E-state index in [9.17, 15) is 14.7 Å². The van der Waals surface area contributed by atoms with Crippen LogP contribution in [0.3, 0.4) is 0 Å². The fraction of sp³-hybridized carbons (Fsp3) is 0.333. The molecule has 2 aromatic rings. The Labute approximate surface area is 183 Å². The first kappa shape index (κ1) is 22.4. The van der Waals surface area contributed by atoms with Crippen LogP contribution in [0.5, 0.6) is 5.75 Å². The van der Waals surface area contributed by atoms with Crippen LogP contribution in [0, 0.1) is 0 Å². The molecule has 3 rings (SSSR count). The van der Waals surface area contributed by atoms with Crippen molar-refractivity contribution in [3.8, 4) is 5.75 Å². The van der Waals surface area contributed by atoms with Crippen molar-refractivity contribution in [1.82, 2.24) is 4.90 Å². The minimum atomic E-state index is -0.401. The summed E-state index contributed by atoms with van der Waals surface area (Å²) in [4.78, 5) is 31.8. The number of nitrogens with zero attached hydrogens (tertiary/aromatic N) is 3. The van der Waals surface area contributed by atoms with Gasteiger partial charge >= 0.3 is 0 Å². The maximum absolute atomic E-state index is 13.4. The van der Waals surface area contributed by atoms with Crippen LogP contribution < -0.4 is 14.5 Å². The number of anilines is 2. The highest BCUT2D eigenvalue weighted by molar-refractivity contribution is 6.45. The molecular weight excluding hydrogens is 394 g/mol. The second-order valence-electron chi connectivity index (χ2n) is 7.23. The van der Waals surface area contributed by atoms with Crippen molar-refractivity contribution in [3.63, 3.8) is 0 Å². The average molecular weight is 424 g/mol. The molecule has 1 aliphatic rings. The van der Waals surface area contributed by atoms with Crippen molar-refractivity contribution in [2.45, 2.75) is 13.8 Å². The molecule has 2 aromatic carbocycles. The van der Waals surface area contributed by atoms with Gasteiger partial charge in [0.15, 0.2) is 0 Å². The van der Waals surface area contributed by atoms with Gasteiger partial charge in [-0.05, 0) is 55.8 Å². The first-order valence-corrected chi connectivity index (χ1v) is 10.4. The largest absolute Gasteiger partial charge is 0.497 e. The van der Waals surface area contributed by atoms with E-state index in [1.165, 1.54) is 4.90 Å². The van der Waals surface area contributed by atoms with Crippen LogP contribution >= 0.6 is 0 Å². The number of hydrogen-bond donors (Lipinski definition) is 1. The summed E-state index contributed by atoms with van der Waals surface area (Å²) in [5.41, 5.74) is 2.77. The van der Waals surface area contributed by atoms with Crippen molar-refractivity contribution in [2.24, 2.45) is 0 Å². The topological polar surface area (TPSA) is 73.3 Å². The lowest BCUT2D eigenvalue weighted by molar-refractivity contribution is -0.120. The molecule has 0 saturated heterocycles. The maximum Gasteiger partial charge on any atom is 0.282 e. The number of carbonyl (C=O) groups excluding carboxylic acids is 2. The van der Waals surface area contributed by atoms with Gasteiger partial charge in [0.2, 0.25) is 0 Å². The number of carbonyl (C=O) groups is 2. The lowest BCUT2D eigenvalue weighted by atomic mass is 10.0. The van der Waals surface area contributed by atoms with E-state index in [-0.39, 0.29) is 24.8 Å². The van der Waals surface area contributed by atoms with E-state index >= 15 is 0 Å². The van der Waals surface area contributed by atoms with Crippen LogP contribution in [0.2, 0.25) is 0 Å². The monoisotopic (exact) mass is 423 g/mol. The summed E-state index contributed by atoms with van der Waals surface area (Å²) in [5, 5.41) is 9.39. The quantitative estimate of drug-likeness (QED) is 0.626. The first-order chi connectivity index (χ1) is 15.0. The smallest absolute Gasteiger partial charge is 0.282 e. The minimum absolute atomic E-state index is 0.129. The lowest BCUT2D eigenvalue weighted by Gasteiger charge is -2.23. The van der Waals surface area contributed by atoms with Gasteiger partial charge in [0.1, 0.15) is 11.4 Å². The molecule has 0 fully saturated rings. The predicted molar refractivity (Wildman–Crippen MR) is 122 cm³/mol. The van der Waals surface area contributed by atoms with Crippen LogP contribution in [0.15, 0.2) is 54.2 Å². The van der Waals surface area contributed by atoms with Gasteiger partial charge < -0.3 is 19.6 Å². The number of rotatable bonds is 9. The van der Waals surface area contributed by atoms with Gasteiger partial charge in [-0.1, -0.05) is 12.1 Å². The summed E-state index contributed by atoms with van der Waals surface area (Å²) in [7, 11) is 3.27. The van der Waals surface area contributed by atoms with Crippen molar-refractivity contribution in [3.05, 3.63) is 59.8 Å². The van der Waals surface area contributed by atoms with Crippen LogP contribution in [0.4, 0.5) is 11.4 Å². The third kappa shape index (κ3) is 4.27. The zero-order valence-corrected chi connectivity index (χ0v) is 18.5. The van der Waals surface area contributed by atoms with E-state index < -0.39 is 5.91 Å². The molecule has 7 heteroatoms. The number of benzene rings is 2. The van der Waals surface area contributed by atoms with E-state index in [1.54, 1.807) is 55.5 Å². The molecule has 0 bridgehead atoms. The highest BCUT2D eigenvalue weighted by Gasteiger charge is 2.41. The number of aliphatic hydroxyl groups is 1. The lowest BCUT2D eigenvalue weighted by Crippen LogP contribution is -2.35. The summed E-state index contributed by atoms with van der Waals surface area (Å²) in [6.07, 6.45) is 0. The fourth-order valence-electron chi connectivity index (χ4n) is 3.79. The van der Waals surface area contributed by atoms with E-state index in [0.29, 0.717) is 22.6 Å². The SMILES string of the molecule is CCN(CC)c1ccc(N2C(=O)C(c3ccc(OC)cc3)=C(N(C)CCO)C2=O)cc1. The zero-order valence-electron chi connectivity index (χ0n) is 18.5. The second-order valence-corrected chi connectivity index (χ2v) is 7.23. The first-order valence-electron chi connectivity index (χ1n) is 10.4. The van der Waals surface area contributed by atoms with E-state index in [2.05, 4.69) is 18.7 Å². The van der Waals surface area contributed by atoms with Crippen LogP contribution in [0.25, 0.3) is 5.57 Å². The molecule has 1 heterocycles. The Morgan fingerprint density at radius 3 is 2.06 bits per heavy atom. The number of amides is 2. The molecule has 0 atom stereocenters. The Morgan fingerprint density at radius 1 is 0.935 bits per heavy atom. The number of hydrogen-bond acceptors (Lipinski definition) is 6. The van der Waals surface area contributed by atoms with Gasteiger partial charge in [0, 0.05) is 32.4 Å². The molecule has 31 heavy (non-hydrogen) atoms. The van der Waals surface area contributed by atoms with Gasteiger partial charge in [0.25, 0.3) is 11.8 Å². The number of imide groups is 1. The van der Waals surface area contributed by atoms with Crippen LogP contribution in [-0.4, -0.2) is 62.2 Å². The van der Waals surface area contributed by atoms with Crippen molar-refractivity contribution >= 4 is 28.8 Å². The van der Waals surface area contributed by atoms with Crippen molar-refractivity contribution < 1.29 is 19.4 Å². The summed E-state index contributed by atoms with van der Waals surface area (Å²) in [6.45, 7) is 6.02. The highest BCUT2D eigenvalue weighted by atomic mass is 16.5. The molecule has 1 N–H and O–H groups in total. The fourth-order valence-corrected chi connectivity index (χ4v) is 3.79. The van der Waals surface area contributed by atoms with Crippen molar-refractivity contribution in [2.75, 3.05) is 50.2 Å². The molecule has 2 amide bonds. The van der Waals surface area contributed by atoms with E-state index in [0.717, 1.165) is 18.8 Å². The average Bonchev–Trinajstić information content (AvgIpc) is 3.05. The summed E-state index contributed by atoms with van der Waals surface area (Å²) >= 11 is 0. The Bertz CT molecular complexity index is 963. The molecule has 0 saturated carbocycles. The number of ether oxygens (including phenoxy) is 1. The Balaban J connectivity index is 2.02. The van der Waals surface area contributed by atoms with Gasteiger partial charge in [-0.2, -0.15) is 0 Å². The van der Waals surface area contributed by atoms with Gasteiger partial charge in [-0.25, -0.2) is 4.90 Å². The maximum atomic E-state index is 13.4. The normalized spacial score (nSPS) is 13.8. The Morgan fingerprint density at radius 2 is 1.55 bits per heavy atom. The Hall–Kier alpha value is -3.32. The third-order valence-corrected chi connectivity index (χ3v) is 5.49. The summed E-state index contributed by atoms with van der Waals surface area (Å²) < 4.78 is 5.21. The Kier molecular flexibility index (Phi) is 6.97. The van der Waals surface area contributed by atoms with Crippen LogP contribution in [-0.2, 0) is 9.59 Å². The van der Waals surface area contributed by atoms with Gasteiger partial charge in [-0.3, -0.25) is 9.59 Å². The third-order valence-electron chi connectivity index (χ3n) is 5.49. The molecule has 0 spiro atoms. The standard InChI is InChI=1S/C24H29N3O4/c1-5-26(6-2)18-9-11-19(12-10-18)27-23(29)21(17-7-13-20(31-4)14-8-17)22(24(27)30)25(3)15-16-28/h7-14,28H,5-6,15-16H2,1-4H3. The second kappa shape index (κ2) is 9.66. The molecule has 164 valence electrons. The molecule has 7 nitrogen and oxygen atoms in total. The molecule has 0 unspecified atom stereocenters. The molecular formula is C24H29N3O4. The molecule has 0 aromatic heterocycles. The van der Waals surface area contributed by atoms with E-state index in [4.69, 9.17) is 4.74 Å². The molecule has 0 radical (unpaired) electrons. The van der Waals surface area contributed by atoms with E-state index in [1.807, 2.05) is 12.1 Å². The molecule has 1 aliphatic heterocycles. The number of aliphatic hydroxyl groups excluding tert-OH is 1. The zero-order chi connectivity index (χ0) is 22.5. The number of likely N-dealkylation sites (N-methyl/N-ethyl adjacent to an activating group) is 1. The highest BCUT2D eigenvalue weighted by Crippen LogP contribution is 2.35. The van der Waals surface area contributed by atoms with Crippen molar-refractivity contribution in [1.29, 1.82) is 0 Å².